The Morgan fingerprint density at radius 2 is 0.621 bits per heavy atom. The van der Waals surface area contributed by atoms with E-state index in [1.165, 1.54) is 0 Å². The fraction of sp³-hybridized carbons (Fsp3) is 1.00. The maximum atomic E-state index is 11.2. The summed E-state index contributed by atoms with van der Waals surface area (Å²) < 4.78 is 109. The Hall–Kier alpha value is -0.360. The number of hydrogen-bond donors (Lipinski definition) is 0. The average molecular weight is 505 g/mol. The number of rotatable bonds is 16. The molecular formula is C13H28O12S4. The van der Waals surface area contributed by atoms with Crippen LogP contribution in [0.15, 0.2) is 0 Å². The molecule has 0 atom stereocenters. The summed E-state index contributed by atoms with van der Waals surface area (Å²) in [5, 5.41) is 0. The highest BCUT2D eigenvalue weighted by molar-refractivity contribution is 7.86. The first-order valence-corrected chi connectivity index (χ1v) is 15.5. The van der Waals surface area contributed by atoms with Crippen molar-refractivity contribution in [1.29, 1.82) is 0 Å². The van der Waals surface area contributed by atoms with Gasteiger partial charge in [-0.15, -0.1) is 0 Å². The van der Waals surface area contributed by atoms with Gasteiger partial charge in [0.15, 0.2) is 0 Å². The summed E-state index contributed by atoms with van der Waals surface area (Å²) in [6.07, 6.45) is 3.48. The molecule has 29 heavy (non-hydrogen) atoms. The van der Waals surface area contributed by atoms with E-state index < -0.39 is 45.9 Å². The molecule has 0 aromatic carbocycles. The van der Waals surface area contributed by atoms with Gasteiger partial charge in [0, 0.05) is 0 Å². The summed E-state index contributed by atoms with van der Waals surface area (Å²) >= 11 is 0. The van der Waals surface area contributed by atoms with Crippen molar-refractivity contribution in [2.24, 2.45) is 5.41 Å². The van der Waals surface area contributed by atoms with Gasteiger partial charge in [-0.3, -0.25) is 16.7 Å². The molecule has 0 rings (SSSR count). The summed E-state index contributed by atoms with van der Waals surface area (Å²) in [6.45, 7) is -1.18. The lowest BCUT2D eigenvalue weighted by atomic mass is 9.76. The summed E-state index contributed by atoms with van der Waals surface area (Å²) in [7, 11) is -15.0. The number of hydrogen-bond acceptors (Lipinski definition) is 12. The highest BCUT2D eigenvalue weighted by Crippen LogP contribution is 2.36. The molecule has 0 radical (unpaired) electrons. The maximum absolute atomic E-state index is 11.2. The van der Waals surface area contributed by atoms with Crippen LogP contribution >= 0.6 is 0 Å². The molecule has 16 heteroatoms. The van der Waals surface area contributed by atoms with Gasteiger partial charge in [0.05, 0.1) is 51.5 Å². The minimum atomic E-state index is -3.76. The lowest BCUT2D eigenvalue weighted by molar-refractivity contribution is 0.0945. The van der Waals surface area contributed by atoms with Gasteiger partial charge in [-0.05, 0) is 31.1 Å². The molecule has 0 bridgehead atoms. The molecule has 0 aromatic heterocycles. The fourth-order valence-corrected chi connectivity index (χ4v) is 3.93. The van der Waals surface area contributed by atoms with Crippen molar-refractivity contribution in [2.45, 2.75) is 25.7 Å². The first-order chi connectivity index (χ1) is 12.8. The zero-order chi connectivity index (χ0) is 23.0. The monoisotopic (exact) mass is 504 g/mol. The van der Waals surface area contributed by atoms with Gasteiger partial charge in [0.1, 0.15) is 0 Å². The molecule has 0 aliphatic heterocycles. The Balaban J connectivity index is 5.46. The molecule has 0 amide bonds. The molecule has 0 aromatic rings. The molecule has 176 valence electrons. The summed E-state index contributed by atoms with van der Waals surface area (Å²) in [5.74, 6) is 0. The van der Waals surface area contributed by atoms with Crippen LogP contribution in [0, 0.1) is 5.41 Å². The predicted molar refractivity (Wildman–Crippen MR) is 104 cm³/mol. The van der Waals surface area contributed by atoms with Crippen molar-refractivity contribution < 1.29 is 50.4 Å². The van der Waals surface area contributed by atoms with Gasteiger partial charge in [0.25, 0.3) is 40.5 Å². The molecule has 0 N–H and O–H groups in total. The van der Waals surface area contributed by atoms with Crippen LogP contribution in [0.3, 0.4) is 0 Å². The highest BCUT2D eigenvalue weighted by Gasteiger charge is 2.31. The van der Waals surface area contributed by atoms with Gasteiger partial charge >= 0.3 is 0 Å². The second-order valence-electron chi connectivity index (χ2n) is 6.60. The van der Waals surface area contributed by atoms with E-state index in [1.807, 2.05) is 0 Å². The lowest BCUT2D eigenvalue weighted by Crippen LogP contribution is -2.30. The standard InChI is InChI=1S/C13H28O12S4/c1-26(14,15)22-9-5-13(6-10-23-27(2,16)17,7-11-24-28(3,18)19)8-12-25-29(4,20)21/h5-12H2,1-4H3. The van der Waals surface area contributed by atoms with E-state index in [9.17, 15) is 33.7 Å². The van der Waals surface area contributed by atoms with Crippen molar-refractivity contribution in [3.05, 3.63) is 0 Å². The molecular weight excluding hydrogens is 476 g/mol. The molecule has 0 aliphatic rings. The van der Waals surface area contributed by atoms with Crippen LogP contribution in [0.4, 0.5) is 0 Å². The molecule has 0 unspecified atom stereocenters. The van der Waals surface area contributed by atoms with Crippen molar-refractivity contribution in [3.63, 3.8) is 0 Å². The third-order valence-electron chi connectivity index (χ3n) is 3.72. The van der Waals surface area contributed by atoms with Crippen LogP contribution in [0.2, 0.25) is 0 Å². The molecule has 12 nitrogen and oxygen atoms in total. The van der Waals surface area contributed by atoms with Crippen molar-refractivity contribution in [2.75, 3.05) is 51.5 Å². The lowest BCUT2D eigenvalue weighted by Gasteiger charge is -2.33. The third-order valence-corrected chi connectivity index (χ3v) is 6.10. The first-order valence-electron chi connectivity index (χ1n) is 8.20. The van der Waals surface area contributed by atoms with Crippen LogP contribution in [0.25, 0.3) is 0 Å². The van der Waals surface area contributed by atoms with Crippen LogP contribution in [0.5, 0.6) is 0 Å². The zero-order valence-electron chi connectivity index (χ0n) is 16.7. The highest BCUT2D eigenvalue weighted by atomic mass is 32.2. The minimum absolute atomic E-state index is 0.0213. The molecule has 0 aliphatic carbocycles. The largest absolute Gasteiger partial charge is 0.270 e. The Labute approximate surface area is 173 Å². The minimum Gasteiger partial charge on any atom is -0.270 e. The van der Waals surface area contributed by atoms with Gasteiger partial charge in [-0.1, -0.05) is 0 Å². The van der Waals surface area contributed by atoms with E-state index >= 15 is 0 Å². The zero-order valence-corrected chi connectivity index (χ0v) is 20.0. The summed E-state index contributed by atoms with van der Waals surface area (Å²) in [5.41, 5.74) is -0.981. The molecule has 0 heterocycles. The summed E-state index contributed by atoms with van der Waals surface area (Å²) in [6, 6.07) is 0. The Kier molecular flexibility index (Phi) is 11.2. The van der Waals surface area contributed by atoms with E-state index in [-0.39, 0.29) is 52.1 Å². The molecule has 0 spiro atoms. The van der Waals surface area contributed by atoms with Crippen molar-refractivity contribution >= 4 is 40.5 Å². The van der Waals surface area contributed by atoms with Crippen LogP contribution in [0.1, 0.15) is 25.7 Å². The molecule has 0 saturated heterocycles. The Morgan fingerprint density at radius 3 is 0.759 bits per heavy atom. The topological polar surface area (TPSA) is 173 Å². The first kappa shape index (κ1) is 28.6. The SMILES string of the molecule is CS(=O)(=O)OCCC(CCOS(C)(=O)=O)(CCOS(C)(=O)=O)CCOS(C)(=O)=O. The Bertz CT molecular complexity index is 759. The van der Waals surface area contributed by atoms with Crippen molar-refractivity contribution in [1.82, 2.24) is 0 Å². The average Bonchev–Trinajstić information content (AvgIpc) is 2.41. The van der Waals surface area contributed by atoms with E-state index in [4.69, 9.17) is 16.7 Å². The van der Waals surface area contributed by atoms with Gasteiger partial charge in [-0.25, -0.2) is 0 Å². The van der Waals surface area contributed by atoms with Crippen LogP contribution < -0.4 is 0 Å². The third kappa shape index (κ3) is 18.2. The van der Waals surface area contributed by atoms with Crippen LogP contribution in [-0.4, -0.2) is 85.1 Å². The summed E-state index contributed by atoms with van der Waals surface area (Å²) in [4.78, 5) is 0. The van der Waals surface area contributed by atoms with Crippen molar-refractivity contribution in [3.8, 4) is 0 Å². The van der Waals surface area contributed by atoms with E-state index in [0.717, 1.165) is 25.0 Å². The van der Waals surface area contributed by atoms with Gasteiger partial charge in [-0.2, -0.15) is 33.7 Å². The molecule has 0 fully saturated rings. The van der Waals surface area contributed by atoms with Crippen LogP contribution in [-0.2, 0) is 57.2 Å². The van der Waals surface area contributed by atoms with E-state index in [1.54, 1.807) is 0 Å². The fourth-order valence-electron chi connectivity index (χ4n) is 2.39. The van der Waals surface area contributed by atoms with E-state index in [2.05, 4.69) is 0 Å². The van der Waals surface area contributed by atoms with Gasteiger partial charge < -0.3 is 0 Å². The van der Waals surface area contributed by atoms with E-state index in [0.29, 0.717) is 0 Å². The Morgan fingerprint density at radius 1 is 0.448 bits per heavy atom. The second kappa shape index (κ2) is 11.3. The smallest absolute Gasteiger partial charge is 0.264 e. The molecule has 0 saturated carbocycles. The maximum Gasteiger partial charge on any atom is 0.264 e. The van der Waals surface area contributed by atoms with Gasteiger partial charge in [0.2, 0.25) is 0 Å². The second-order valence-corrected chi connectivity index (χ2v) is 13.2. The quantitative estimate of drug-likeness (QED) is 0.245. The predicted octanol–water partition coefficient (Wildman–Crippen LogP) is -0.562. The normalized spacial score (nSPS) is 14.2.